The van der Waals surface area contributed by atoms with Gasteiger partial charge in [0.2, 0.25) is 5.91 Å². The largest absolute Gasteiger partial charge is 0.319 e. The molecule has 7 nitrogen and oxygen atoms in total. The van der Waals surface area contributed by atoms with Crippen LogP contribution in [0.1, 0.15) is 17.7 Å². The normalized spacial score (nSPS) is 14.1. The smallest absolute Gasteiger partial charge is 0.230 e. The number of rotatable bonds is 5. The third-order valence-electron chi connectivity index (χ3n) is 4.49. The first-order chi connectivity index (χ1) is 13.8. The number of carbonyl (C=O) groups excluding carboxylic acids is 1. The van der Waals surface area contributed by atoms with Crippen molar-refractivity contribution in [2.24, 2.45) is 0 Å². The number of carbonyl (C=O) groups is 1. The van der Waals surface area contributed by atoms with E-state index in [0.717, 1.165) is 29.8 Å². The molecular formula is C20H21ClN5O2P. The lowest BCUT2D eigenvalue weighted by Gasteiger charge is -2.21. The molecule has 0 saturated heterocycles. The van der Waals surface area contributed by atoms with E-state index in [2.05, 4.69) is 27.6 Å². The SMILES string of the molecule is CP(C)(=O)c1cc(NC(=O)Cc2ccc(C3=CCCN(C#N)C3)nc2)ncc1Cl. The topological polar surface area (TPSA) is 99.0 Å². The van der Waals surface area contributed by atoms with Crippen molar-refractivity contribution in [2.45, 2.75) is 12.8 Å². The molecule has 0 aromatic carbocycles. The summed E-state index contributed by atoms with van der Waals surface area (Å²) in [6, 6.07) is 5.26. The van der Waals surface area contributed by atoms with Gasteiger partial charge in [0, 0.05) is 24.2 Å². The average Bonchev–Trinajstić information content (AvgIpc) is 2.69. The molecule has 0 bridgehead atoms. The van der Waals surface area contributed by atoms with Crippen LogP contribution in [0.2, 0.25) is 5.02 Å². The summed E-state index contributed by atoms with van der Waals surface area (Å²) in [5.74, 6) is 0.0572. The third-order valence-corrected chi connectivity index (χ3v) is 6.46. The van der Waals surface area contributed by atoms with Gasteiger partial charge >= 0.3 is 0 Å². The maximum Gasteiger partial charge on any atom is 0.230 e. The van der Waals surface area contributed by atoms with Crippen LogP contribution in [0.25, 0.3) is 5.57 Å². The Labute approximate surface area is 174 Å². The first-order valence-electron chi connectivity index (χ1n) is 9.06. The van der Waals surface area contributed by atoms with Crippen molar-refractivity contribution in [3.63, 3.8) is 0 Å². The van der Waals surface area contributed by atoms with Gasteiger partial charge in [-0.05, 0) is 43.0 Å². The second kappa shape index (κ2) is 8.77. The standard InChI is InChI=1S/C20H21ClN5O2P/c1-29(2,28)18-9-19(24-11-16(18)21)25-20(27)8-14-5-6-17(23-10-14)15-4-3-7-26(12-15)13-22/h4-6,9-11H,3,7-8,12H2,1-2H3,(H,24,25,27). The van der Waals surface area contributed by atoms with E-state index in [1.807, 2.05) is 12.1 Å². The number of aromatic nitrogens is 2. The van der Waals surface area contributed by atoms with Gasteiger partial charge in [-0.15, -0.1) is 0 Å². The van der Waals surface area contributed by atoms with Crippen LogP contribution < -0.4 is 10.6 Å². The van der Waals surface area contributed by atoms with Crippen LogP contribution in [0.4, 0.5) is 5.82 Å². The summed E-state index contributed by atoms with van der Waals surface area (Å²) in [5.41, 5.74) is 2.57. The molecule has 3 rings (SSSR count). The van der Waals surface area contributed by atoms with Gasteiger partial charge in [0.05, 0.1) is 23.7 Å². The average molecular weight is 430 g/mol. The van der Waals surface area contributed by atoms with Crippen LogP contribution in [0.15, 0.2) is 36.7 Å². The maximum absolute atomic E-state index is 12.4. The Balaban J connectivity index is 1.65. The Morgan fingerprint density at radius 3 is 2.79 bits per heavy atom. The summed E-state index contributed by atoms with van der Waals surface area (Å²) >= 11 is 6.06. The molecule has 1 amide bonds. The highest BCUT2D eigenvalue weighted by molar-refractivity contribution is 7.70. The molecule has 0 spiro atoms. The molecular weight excluding hydrogens is 409 g/mol. The van der Waals surface area contributed by atoms with Crippen molar-refractivity contribution in [2.75, 3.05) is 31.7 Å². The molecule has 1 N–H and O–H groups in total. The predicted octanol–water partition coefficient (Wildman–Crippen LogP) is 3.13. The zero-order chi connectivity index (χ0) is 21.0. The minimum absolute atomic E-state index is 0.131. The fraction of sp³-hybridized carbons (Fsp3) is 0.300. The lowest BCUT2D eigenvalue weighted by Crippen LogP contribution is -2.24. The molecule has 0 unspecified atom stereocenters. The third kappa shape index (κ3) is 5.44. The van der Waals surface area contributed by atoms with E-state index in [1.165, 1.54) is 6.20 Å². The highest BCUT2D eigenvalue weighted by atomic mass is 35.5. The summed E-state index contributed by atoms with van der Waals surface area (Å²) in [4.78, 5) is 22.6. The van der Waals surface area contributed by atoms with Crippen molar-refractivity contribution in [3.8, 4) is 6.19 Å². The number of anilines is 1. The molecule has 1 aliphatic rings. The Bertz CT molecular complexity index is 1040. The predicted molar refractivity (Wildman–Crippen MR) is 115 cm³/mol. The Hall–Kier alpha value is -2.68. The van der Waals surface area contributed by atoms with E-state index in [1.54, 1.807) is 30.5 Å². The second-order valence-corrected chi connectivity index (χ2v) is 10.8. The van der Waals surface area contributed by atoms with Crippen LogP contribution in [0.5, 0.6) is 0 Å². The fourth-order valence-electron chi connectivity index (χ4n) is 3.02. The lowest BCUT2D eigenvalue weighted by molar-refractivity contribution is -0.115. The number of nitrogens with zero attached hydrogens (tertiary/aromatic N) is 4. The van der Waals surface area contributed by atoms with Gasteiger partial charge < -0.3 is 14.8 Å². The zero-order valence-corrected chi connectivity index (χ0v) is 17.9. The molecule has 150 valence electrons. The van der Waals surface area contributed by atoms with E-state index in [9.17, 15) is 9.36 Å². The Kier molecular flexibility index (Phi) is 6.36. The monoisotopic (exact) mass is 429 g/mol. The Morgan fingerprint density at radius 1 is 1.34 bits per heavy atom. The van der Waals surface area contributed by atoms with E-state index >= 15 is 0 Å². The fourth-order valence-corrected chi connectivity index (χ4v) is 4.73. The molecule has 0 radical (unpaired) electrons. The van der Waals surface area contributed by atoms with Crippen molar-refractivity contribution >= 4 is 41.3 Å². The number of amides is 1. The van der Waals surface area contributed by atoms with Crippen molar-refractivity contribution in [3.05, 3.63) is 52.9 Å². The summed E-state index contributed by atoms with van der Waals surface area (Å²) in [6.07, 6.45) is 8.25. The van der Waals surface area contributed by atoms with Crippen molar-refractivity contribution < 1.29 is 9.36 Å². The van der Waals surface area contributed by atoms with Crippen LogP contribution in [-0.2, 0) is 15.8 Å². The van der Waals surface area contributed by atoms with Crippen LogP contribution >= 0.6 is 18.7 Å². The summed E-state index contributed by atoms with van der Waals surface area (Å²) in [6.45, 7) is 4.51. The number of hydrogen-bond donors (Lipinski definition) is 1. The van der Waals surface area contributed by atoms with Gasteiger partial charge in [-0.1, -0.05) is 23.7 Å². The first kappa shape index (κ1) is 21.0. The summed E-state index contributed by atoms with van der Waals surface area (Å²) in [7, 11) is -2.58. The number of halogens is 1. The van der Waals surface area contributed by atoms with E-state index in [-0.39, 0.29) is 12.3 Å². The molecule has 3 heterocycles. The van der Waals surface area contributed by atoms with Gasteiger partial charge in [-0.25, -0.2) is 4.98 Å². The number of pyridine rings is 2. The zero-order valence-electron chi connectivity index (χ0n) is 16.2. The minimum Gasteiger partial charge on any atom is -0.319 e. The first-order valence-corrected chi connectivity index (χ1v) is 12.0. The van der Waals surface area contributed by atoms with Crippen LogP contribution in [0.3, 0.4) is 0 Å². The molecule has 2 aromatic rings. The Morgan fingerprint density at radius 2 is 2.14 bits per heavy atom. The molecule has 1 aliphatic heterocycles. The lowest BCUT2D eigenvalue weighted by atomic mass is 10.1. The highest BCUT2D eigenvalue weighted by Crippen LogP contribution is 2.37. The van der Waals surface area contributed by atoms with Crippen molar-refractivity contribution in [1.82, 2.24) is 14.9 Å². The molecule has 0 saturated carbocycles. The minimum atomic E-state index is -2.58. The van der Waals surface area contributed by atoms with E-state index in [4.69, 9.17) is 16.9 Å². The molecule has 29 heavy (non-hydrogen) atoms. The van der Waals surface area contributed by atoms with Crippen LogP contribution in [-0.4, -0.2) is 47.2 Å². The van der Waals surface area contributed by atoms with Gasteiger partial charge in [0.15, 0.2) is 6.19 Å². The summed E-state index contributed by atoms with van der Waals surface area (Å²) < 4.78 is 12.3. The quantitative estimate of drug-likeness (QED) is 0.579. The van der Waals surface area contributed by atoms with E-state index in [0.29, 0.717) is 22.7 Å². The van der Waals surface area contributed by atoms with Gasteiger partial charge in [0.25, 0.3) is 0 Å². The number of hydrogen-bond acceptors (Lipinski definition) is 6. The molecule has 2 aromatic heterocycles. The molecule has 9 heteroatoms. The molecule has 0 aliphatic carbocycles. The maximum atomic E-state index is 12.4. The summed E-state index contributed by atoms with van der Waals surface area (Å²) in [5, 5.41) is 12.6. The van der Waals surface area contributed by atoms with Gasteiger partial charge in [-0.3, -0.25) is 9.78 Å². The number of nitrogens with one attached hydrogen (secondary N) is 1. The van der Waals surface area contributed by atoms with Gasteiger partial charge in [0.1, 0.15) is 13.0 Å². The molecule has 0 atom stereocenters. The van der Waals surface area contributed by atoms with Crippen molar-refractivity contribution in [1.29, 1.82) is 5.26 Å². The van der Waals surface area contributed by atoms with E-state index < -0.39 is 7.14 Å². The molecule has 0 fully saturated rings. The highest BCUT2D eigenvalue weighted by Gasteiger charge is 2.18. The van der Waals surface area contributed by atoms with Gasteiger partial charge in [-0.2, -0.15) is 5.26 Å². The number of nitriles is 1. The second-order valence-electron chi connectivity index (χ2n) is 7.19. The van der Waals surface area contributed by atoms with Crippen LogP contribution in [0, 0.1) is 11.5 Å².